The summed E-state index contributed by atoms with van der Waals surface area (Å²) < 4.78 is 0. The van der Waals surface area contributed by atoms with Crippen LogP contribution in [0.5, 0.6) is 0 Å². The minimum absolute atomic E-state index is 0.188. The van der Waals surface area contributed by atoms with Gasteiger partial charge in [0.05, 0.1) is 4.88 Å². The number of amides is 1. The lowest BCUT2D eigenvalue weighted by molar-refractivity contribution is -0.138. The topological polar surface area (TPSA) is 57.6 Å². The van der Waals surface area contributed by atoms with Gasteiger partial charge in [0.15, 0.2) is 0 Å². The molecule has 21 heavy (non-hydrogen) atoms. The summed E-state index contributed by atoms with van der Waals surface area (Å²) in [5, 5.41) is 9.04. The Balaban J connectivity index is 3.11. The highest BCUT2D eigenvalue weighted by Gasteiger charge is 2.30. The molecule has 1 aromatic rings. The zero-order valence-electron chi connectivity index (χ0n) is 13.5. The second-order valence-corrected chi connectivity index (χ2v) is 7.26. The van der Waals surface area contributed by atoms with Gasteiger partial charge < -0.3 is 10.0 Å². The van der Waals surface area contributed by atoms with Crippen molar-refractivity contribution in [2.24, 2.45) is 0 Å². The fourth-order valence-electron chi connectivity index (χ4n) is 2.19. The summed E-state index contributed by atoms with van der Waals surface area (Å²) in [5.41, 5.74) is 0.686. The van der Waals surface area contributed by atoms with Crippen LogP contribution in [0.4, 0.5) is 0 Å². The lowest BCUT2D eigenvalue weighted by Gasteiger charge is -2.34. The first-order valence-electron chi connectivity index (χ1n) is 7.36. The Kier molecular flexibility index (Phi) is 5.96. The predicted octanol–water partition coefficient (Wildman–Crippen LogP) is 3.59. The van der Waals surface area contributed by atoms with Crippen LogP contribution in [0.1, 0.15) is 61.2 Å². The Bertz CT molecular complexity index is 514. The zero-order chi connectivity index (χ0) is 16.2. The minimum atomic E-state index is -0.987. The van der Waals surface area contributed by atoms with Gasteiger partial charge in [-0.05, 0) is 45.2 Å². The number of rotatable bonds is 6. The third-order valence-corrected chi connectivity index (χ3v) is 4.54. The fraction of sp³-hybridized carbons (Fsp3) is 0.625. The average Bonchev–Trinajstić information content (AvgIpc) is 2.77. The molecular weight excluding hydrogens is 286 g/mol. The number of nitrogens with zero attached hydrogens (tertiary/aromatic N) is 1. The molecular formula is C16H25NO3S. The Morgan fingerprint density at radius 1 is 1.29 bits per heavy atom. The predicted molar refractivity (Wildman–Crippen MR) is 86.1 cm³/mol. The van der Waals surface area contributed by atoms with Crippen molar-refractivity contribution in [2.75, 3.05) is 6.54 Å². The van der Waals surface area contributed by atoms with Gasteiger partial charge in [-0.3, -0.25) is 9.59 Å². The molecule has 0 aliphatic heterocycles. The number of carbonyl (C=O) groups is 2. The summed E-state index contributed by atoms with van der Waals surface area (Å²) in [4.78, 5) is 27.0. The number of thiophene rings is 1. The van der Waals surface area contributed by atoms with Crippen molar-refractivity contribution in [2.45, 2.75) is 59.4 Å². The third kappa shape index (κ3) is 4.56. The summed E-state index contributed by atoms with van der Waals surface area (Å²) in [6, 6.07) is 1.93. The van der Waals surface area contributed by atoms with Gasteiger partial charge in [0, 0.05) is 10.4 Å². The largest absolute Gasteiger partial charge is 0.480 e. The number of aryl methyl sites for hydroxylation is 2. The summed E-state index contributed by atoms with van der Waals surface area (Å²) >= 11 is 1.50. The van der Waals surface area contributed by atoms with Crippen LogP contribution in [-0.4, -0.2) is 34.0 Å². The molecule has 5 heteroatoms. The van der Waals surface area contributed by atoms with E-state index in [0.717, 1.165) is 19.3 Å². The summed E-state index contributed by atoms with van der Waals surface area (Å²) in [6.07, 6.45) is 2.91. The monoisotopic (exact) mass is 311 g/mol. The molecule has 0 aliphatic carbocycles. The molecule has 0 saturated heterocycles. The van der Waals surface area contributed by atoms with Crippen molar-refractivity contribution in [1.82, 2.24) is 4.90 Å². The van der Waals surface area contributed by atoms with E-state index in [4.69, 9.17) is 5.11 Å². The molecule has 0 aromatic carbocycles. The molecule has 0 radical (unpaired) electrons. The second kappa shape index (κ2) is 7.07. The second-order valence-electron chi connectivity index (χ2n) is 6.12. The Labute approximate surface area is 130 Å². The van der Waals surface area contributed by atoms with Gasteiger partial charge >= 0.3 is 5.97 Å². The number of carboxylic acid groups (broad SMARTS) is 1. The van der Waals surface area contributed by atoms with Crippen molar-refractivity contribution in [3.8, 4) is 0 Å². The van der Waals surface area contributed by atoms with Gasteiger partial charge in [-0.25, -0.2) is 0 Å². The standard InChI is InChI=1S/C16H25NO3S/c1-6-8-12-11(7-2)9-13(21-12)15(20)17(10-14(18)19)16(3,4)5/h9H,6-8,10H2,1-5H3,(H,18,19). The number of hydrogen-bond donors (Lipinski definition) is 1. The maximum atomic E-state index is 12.7. The maximum absolute atomic E-state index is 12.7. The van der Waals surface area contributed by atoms with Gasteiger partial charge in [-0.15, -0.1) is 11.3 Å². The van der Waals surface area contributed by atoms with E-state index in [1.54, 1.807) is 0 Å². The van der Waals surface area contributed by atoms with Crippen LogP contribution in [0.2, 0.25) is 0 Å². The molecule has 4 nitrogen and oxygen atoms in total. The molecule has 118 valence electrons. The van der Waals surface area contributed by atoms with E-state index in [9.17, 15) is 9.59 Å². The van der Waals surface area contributed by atoms with Crippen molar-refractivity contribution >= 4 is 23.2 Å². The van der Waals surface area contributed by atoms with E-state index in [-0.39, 0.29) is 12.5 Å². The smallest absolute Gasteiger partial charge is 0.323 e. The molecule has 0 atom stereocenters. The van der Waals surface area contributed by atoms with Gasteiger partial charge in [-0.1, -0.05) is 20.3 Å². The van der Waals surface area contributed by atoms with Crippen molar-refractivity contribution in [3.63, 3.8) is 0 Å². The van der Waals surface area contributed by atoms with Gasteiger partial charge in [0.25, 0.3) is 5.91 Å². The molecule has 1 aromatic heterocycles. The van der Waals surface area contributed by atoms with E-state index < -0.39 is 11.5 Å². The fourth-order valence-corrected chi connectivity index (χ4v) is 3.50. The highest BCUT2D eigenvalue weighted by atomic mass is 32.1. The maximum Gasteiger partial charge on any atom is 0.323 e. The highest BCUT2D eigenvalue weighted by molar-refractivity contribution is 7.14. The van der Waals surface area contributed by atoms with E-state index in [1.165, 1.54) is 26.7 Å². The molecule has 0 fully saturated rings. The summed E-state index contributed by atoms with van der Waals surface area (Å²) in [6.45, 7) is 9.49. The minimum Gasteiger partial charge on any atom is -0.480 e. The first-order valence-corrected chi connectivity index (χ1v) is 8.17. The lowest BCUT2D eigenvalue weighted by atomic mass is 10.1. The molecule has 1 heterocycles. The summed E-state index contributed by atoms with van der Waals surface area (Å²) in [5.74, 6) is -1.17. The normalized spacial score (nSPS) is 11.5. The van der Waals surface area contributed by atoms with Crippen molar-refractivity contribution in [3.05, 3.63) is 21.4 Å². The lowest BCUT2D eigenvalue weighted by Crippen LogP contribution is -2.48. The first kappa shape index (κ1) is 17.7. The van der Waals surface area contributed by atoms with Gasteiger partial charge in [0.2, 0.25) is 0 Å². The highest BCUT2D eigenvalue weighted by Crippen LogP contribution is 2.27. The average molecular weight is 311 g/mol. The molecule has 1 rings (SSSR count). The Morgan fingerprint density at radius 2 is 1.90 bits per heavy atom. The number of carbonyl (C=O) groups excluding carboxylic acids is 1. The Hall–Kier alpha value is -1.36. The van der Waals surface area contributed by atoms with E-state index >= 15 is 0 Å². The molecule has 1 N–H and O–H groups in total. The molecule has 0 bridgehead atoms. The van der Waals surface area contributed by atoms with Crippen molar-refractivity contribution < 1.29 is 14.7 Å². The van der Waals surface area contributed by atoms with Crippen LogP contribution >= 0.6 is 11.3 Å². The number of hydrogen-bond acceptors (Lipinski definition) is 3. The SMILES string of the molecule is CCCc1sc(C(=O)N(CC(=O)O)C(C)(C)C)cc1CC. The van der Waals surface area contributed by atoms with E-state index in [0.29, 0.717) is 4.88 Å². The van der Waals surface area contributed by atoms with Crippen LogP contribution in [0.25, 0.3) is 0 Å². The summed E-state index contributed by atoms with van der Waals surface area (Å²) in [7, 11) is 0. The van der Waals surface area contributed by atoms with E-state index in [1.807, 2.05) is 26.8 Å². The quantitative estimate of drug-likeness (QED) is 0.873. The van der Waals surface area contributed by atoms with E-state index in [2.05, 4.69) is 13.8 Å². The van der Waals surface area contributed by atoms with Gasteiger partial charge in [-0.2, -0.15) is 0 Å². The Morgan fingerprint density at radius 3 is 2.33 bits per heavy atom. The molecule has 0 aliphatic rings. The zero-order valence-corrected chi connectivity index (χ0v) is 14.3. The number of carboxylic acids is 1. The van der Waals surface area contributed by atoms with Gasteiger partial charge in [0.1, 0.15) is 6.54 Å². The molecule has 0 saturated carbocycles. The number of aliphatic carboxylic acids is 1. The van der Waals surface area contributed by atoms with Crippen LogP contribution in [0, 0.1) is 0 Å². The molecule has 0 spiro atoms. The molecule has 1 amide bonds. The van der Waals surface area contributed by atoms with Crippen LogP contribution in [0.15, 0.2) is 6.07 Å². The third-order valence-electron chi connectivity index (χ3n) is 3.31. The first-order chi connectivity index (χ1) is 9.70. The molecule has 0 unspecified atom stereocenters. The van der Waals surface area contributed by atoms with Crippen molar-refractivity contribution in [1.29, 1.82) is 0 Å². The van der Waals surface area contributed by atoms with Crippen LogP contribution in [-0.2, 0) is 17.6 Å². The van der Waals surface area contributed by atoms with Crippen LogP contribution in [0.3, 0.4) is 0 Å². The van der Waals surface area contributed by atoms with Crippen LogP contribution < -0.4 is 0 Å².